The number of carbonyl (C=O) groups excluding carboxylic acids is 2. The molecule has 1 N–H and O–H groups in total. The summed E-state index contributed by atoms with van der Waals surface area (Å²) in [5.74, 6) is -0.322. The van der Waals surface area contributed by atoms with Crippen molar-refractivity contribution in [1.29, 1.82) is 0 Å². The summed E-state index contributed by atoms with van der Waals surface area (Å²) in [6.45, 7) is 5.50. The molecule has 2 aromatic rings. The zero-order valence-electron chi connectivity index (χ0n) is 15.0. The van der Waals surface area contributed by atoms with Crippen molar-refractivity contribution in [3.63, 3.8) is 0 Å². The number of hydrogen-bond donors (Lipinski definition) is 1. The van der Waals surface area contributed by atoms with E-state index in [-0.39, 0.29) is 12.5 Å². The van der Waals surface area contributed by atoms with E-state index in [1.807, 2.05) is 39.0 Å². The molecule has 0 heterocycles. The van der Waals surface area contributed by atoms with Crippen molar-refractivity contribution in [2.75, 3.05) is 19.0 Å². The third-order valence-electron chi connectivity index (χ3n) is 3.98. The topological polar surface area (TPSA) is 64.6 Å². The van der Waals surface area contributed by atoms with Crippen LogP contribution in [0.2, 0.25) is 0 Å². The fraction of sp³-hybridized carbons (Fsp3) is 0.300. The van der Waals surface area contributed by atoms with Gasteiger partial charge in [0.1, 0.15) is 5.75 Å². The summed E-state index contributed by atoms with van der Waals surface area (Å²) in [6.07, 6.45) is 0.806. The molecule has 0 aliphatic carbocycles. The van der Waals surface area contributed by atoms with E-state index in [9.17, 15) is 9.59 Å². The van der Waals surface area contributed by atoms with Gasteiger partial charge in [0.15, 0.2) is 6.61 Å². The summed E-state index contributed by atoms with van der Waals surface area (Å²) >= 11 is 0. The maximum Gasteiger partial charge on any atom is 0.338 e. The van der Waals surface area contributed by atoms with E-state index in [1.54, 1.807) is 25.3 Å². The van der Waals surface area contributed by atoms with Crippen molar-refractivity contribution >= 4 is 17.6 Å². The number of aryl methyl sites for hydroxylation is 3. The fourth-order valence-corrected chi connectivity index (χ4v) is 2.54. The van der Waals surface area contributed by atoms with E-state index in [0.29, 0.717) is 11.3 Å². The Morgan fingerprint density at radius 2 is 1.84 bits per heavy atom. The lowest BCUT2D eigenvalue weighted by Crippen LogP contribution is -2.22. The van der Waals surface area contributed by atoms with Crippen molar-refractivity contribution in [2.45, 2.75) is 27.2 Å². The van der Waals surface area contributed by atoms with Gasteiger partial charge >= 0.3 is 5.97 Å². The Morgan fingerprint density at radius 1 is 1.08 bits per heavy atom. The van der Waals surface area contributed by atoms with Crippen LogP contribution in [0.1, 0.15) is 34.0 Å². The quantitative estimate of drug-likeness (QED) is 0.814. The first-order valence-electron chi connectivity index (χ1n) is 8.16. The standard InChI is InChI=1S/C20H23NO4/c1-5-15-8-6-7-14(3)19(15)21-18(22)12-25-20(23)16-10-9-13(2)17(11-16)24-4/h6-11H,5,12H2,1-4H3,(H,21,22). The van der Waals surface area contributed by atoms with Crippen LogP contribution in [0.25, 0.3) is 0 Å². The van der Waals surface area contributed by atoms with Crippen LogP contribution < -0.4 is 10.1 Å². The number of nitrogens with one attached hydrogen (secondary N) is 1. The van der Waals surface area contributed by atoms with Gasteiger partial charge in [0.05, 0.1) is 12.7 Å². The monoisotopic (exact) mass is 341 g/mol. The molecule has 132 valence electrons. The smallest absolute Gasteiger partial charge is 0.338 e. The van der Waals surface area contributed by atoms with E-state index in [1.165, 1.54) is 0 Å². The summed E-state index contributed by atoms with van der Waals surface area (Å²) in [6, 6.07) is 10.9. The minimum absolute atomic E-state index is 0.341. The third kappa shape index (κ3) is 4.59. The summed E-state index contributed by atoms with van der Waals surface area (Å²) in [5, 5.41) is 2.83. The van der Waals surface area contributed by atoms with Gasteiger partial charge in [-0.15, -0.1) is 0 Å². The fourth-order valence-electron chi connectivity index (χ4n) is 2.54. The highest BCUT2D eigenvalue weighted by Crippen LogP contribution is 2.21. The van der Waals surface area contributed by atoms with Gasteiger partial charge in [0.2, 0.25) is 0 Å². The number of anilines is 1. The summed E-state index contributed by atoms with van der Waals surface area (Å²) in [7, 11) is 1.54. The van der Waals surface area contributed by atoms with Crippen LogP contribution in [0.4, 0.5) is 5.69 Å². The Hall–Kier alpha value is -2.82. The number of benzene rings is 2. The van der Waals surface area contributed by atoms with Crippen LogP contribution in [0.15, 0.2) is 36.4 Å². The lowest BCUT2D eigenvalue weighted by atomic mass is 10.1. The molecule has 1 amide bonds. The molecule has 2 rings (SSSR count). The number of hydrogen-bond acceptors (Lipinski definition) is 4. The molecule has 0 atom stereocenters. The maximum atomic E-state index is 12.1. The van der Waals surface area contributed by atoms with Crippen LogP contribution >= 0.6 is 0 Å². The summed E-state index contributed by atoms with van der Waals surface area (Å²) in [4.78, 5) is 24.2. The van der Waals surface area contributed by atoms with Gasteiger partial charge in [-0.05, 0) is 49.1 Å². The second kappa shape index (κ2) is 8.33. The molecule has 5 nitrogen and oxygen atoms in total. The Kier molecular flexibility index (Phi) is 6.17. The highest BCUT2D eigenvalue weighted by atomic mass is 16.5. The van der Waals surface area contributed by atoms with E-state index in [4.69, 9.17) is 9.47 Å². The molecule has 0 saturated heterocycles. The Morgan fingerprint density at radius 3 is 2.52 bits per heavy atom. The molecule has 0 fully saturated rings. The van der Waals surface area contributed by atoms with Crippen LogP contribution in [0.5, 0.6) is 5.75 Å². The molecule has 0 radical (unpaired) electrons. The highest BCUT2D eigenvalue weighted by Gasteiger charge is 2.14. The van der Waals surface area contributed by atoms with Crippen LogP contribution in [0.3, 0.4) is 0 Å². The molecular formula is C20H23NO4. The Balaban J connectivity index is 1.99. The van der Waals surface area contributed by atoms with Crippen molar-refractivity contribution in [3.05, 3.63) is 58.7 Å². The van der Waals surface area contributed by atoms with Crippen LogP contribution in [0, 0.1) is 13.8 Å². The first-order chi connectivity index (χ1) is 12.0. The minimum Gasteiger partial charge on any atom is -0.496 e. The molecule has 0 saturated carbocycles. The summed E-state index contributed by atoms with van der Waals surface area (Å²) in [5.41, 5.74) is 4.07. The normalized spacial score (nSPS) is 10.2. The zero-order valence-corrected chi connectivity index (χ0v) is 15.0. The second-order valence-corrected chi connectivity index (χ2v) is 5.77. The van der Waals surface area contributed by atoms with Gasteiger partial charge < -0.3 is 14.8 Å². The van der Waals surface area contributed by atoms with Gasteiger partial charge in [-0.25, -0.2) is 4.79 Å². The zero-order chi connectivity index (χ0) is 18.4. The molecule has 0 spiro atoms. The van der Waals surface area contributed by atoms with Crippen molar-refractivity contribution in [3.8, 4) is 5.75 Å². The van der Waals surface area contributed by atoms with Crippen LogP contribution in [-0.4, -0.2) is 25.6 Å². The molecule has 25 heavy (non-hydrogen) atoms. The van der Waals surface area contributed by atoms with Crippen molar-refractivity contribution < 1.29 is 19.1 Å². The van der Waals surface area contributed by atoms with E-state index >= 15 is 0 Å². The third-order valence-corrected chi connectivity index (χ3v) is 3.98. The number of methoxy groups -OCH3 is 1. The largest absolute Gasteiger partial charge is 0.496 e. The van der Waals surface area contributed by atoms with Gasteiger partial charge in [-0.1, -0.05) is 31.2 Å². The minimum atomic E-state index is -0.561. The van der Waals surface area contributed by atoms with Crippen molar-refractivity contribution in [2.24, 2.45) is 0 Å². The molecule has 0 aliphatic rings. The molecule has 0 bridgehead atoms. The van der Waals surface area contributed by atoms with Crippen molar-refractivity contribution in [1.82, 2.24) is 0 Å². The van der Waals surface area contributed by atoms with Crippen LogP contribution in [-0.2, 0) is 16.0 Å². The van der Waals surface area contributed by atoms with E-state index in [0.717, 1.165) is 28.8 Å². The summed E-state index contributed by atoms with van der Waals surface area (Å²) < 4.78 is 10.3. The van der Waals surface area contributed by atoms with E-state index in [2.05, 4.69) is 5.32 Å². The first kappa shape index (κ1) is 18.5. The molecular weight excluding hydrogens is 318 g/mol. The highest BCUT2D eigenvalue weighted by molar-refractivity contribution is 5.96. The SMILES string of the molecule is CCc1cccc(C)c1NC(=O)COC(=O)c1ccc(C)c(OC)c1. The lowest BCUT2D eigenvalue weighted by Gasteiger charge is -2.13. The lowest BCUT2D eigenvalue weighted by molar-refractivity contribution is -0.119. The molecule has 5 heteroatoms. The van der Waals surface area contributed by atoms with Gasteiger partial charge in [0.25, 0.3) is 5.91 Å². The number of ether oxygens (including phenoxy) is 2. The Bertz CT molecular complexity index is 783. The average Bonchev–Trinajstić information content (AvgIpc) is 2.61. The first-order valence-corrected chi connectivity index (χ1v) is 8.16. The molecule has 0 unspecified atom stereocenters. The number of carbonyl (C=O) groups is 2. The number of para-hydroxylation sites is 1. The predicted molar refractivity (Wildman–Crippen MR) is 97.2 cm³/mol. The number of esters is 1. The average molecular weight is 341 g/mol. The number of rotatable bonds is 6. The molecule has 0 aromatic heterocycles. The van der Waals surface area contributed by atoms with Gasteiger partial charge in [-0.2, -0.15) is 0 Å². The Labute approximate surface area is 148 Å². The molecule has 0 aliphatic heterocycles. The second-order valence-electron chi connectivity index (χ2n) is 5.77. The maximum absolute atomic E-state index is 12.1. The van der Waals surface area contributed by atoms with Gasteiger partial charge in [0, 0.05) is 5.69 Å². The van der Waals surface area contributed by atoms with Gasteiger partial charge in [-0.3, -0.25) is 4.79 Å². The van der Waals surface area contributed by atoms with E-state index < -0.39 is 5.97 Å². The predicted octanol–water partition coefficient (Wildman–Crippen LogP) is 3.67. The molecule has 2 aromatic carbocycles. The number of amides is 1.